The number of nitrogens with one attached hydrogen (secondary N) is 1. The van der Waals surface area contributed by atoms with Crippen LogP contribution in [0.1, 0.15) is 16.2 Å². The van der Waals surface area contributed by atoms with Gasteiger partial charge in [0.2, 0.25) is 0 Å². The van der Waals surface area contributed by atoms with E-state index in [1.807, 2.05) is 30.3 Å². The Hall–Kier alpha value is -3.93. The van der Waals surface area contributed by atoms with Crippen molar-refractivity contribution in [2.75, 3.05) is 12.4 Å². The highest BCUT2D eigenvalue weighted by molar-refractivity contribution is 6.05. The Morgan fingerprint density at radius 2 is 1.66 bits per heavy atom. The molecule has 1 amide bonds. The number of hydrogen-bond acceptors (Lipinski definition) is 4. The number of benzene rings is 3. The first-order valence-electron chi connectivity index (χ1n) is 9.11. The number of carbonyl (C=O) groups is 1. The van der Waals surface area contributed by atoms with Gasteiger partial charge in [0.25, 0.3) is 11.5 Å². The lowest BCUT2D eigenvalue weighted by molar-refractivity contribution is 0.102. The van der Waals surface area contributed by atoms with E-state index in [2.05, 4.69) is 10.3 Å². The van der Waals surface area contributed by atoms with Crippen LogP contribution in [0.5, 0.6) is 5.75 Å². The maximum absolute atomic E-state index is 12.9. The third-order valence-electron chi connectivity index (χ3n) is 4.69. The zero-order valence-electron chi connectivity index (χ0n) is 16.0. The molecule has 0 spiro atoms. The maximum atomic E-state index is 12.9. The van der Waals surface area contributed by atoms with Crippen LogP contribution in [0.3, 0.4) is 0 Å². The fourth-order valence-electron chi connectivity index (χ4n) is 3.25. The number of fused-ring (bicyclic) bond motifs is 1. The van der Waals surface area contributed by atoms with Crippen molar-refractivity contribution in [3.63, 3.8) is 0 Å². The van der Waals surface area contributed by atoms with Gasteiger partial charge >= 0.3 is 0 Å². The summed E-state index contributed by atoms with van der Waals surface area (Å²) in [4.78, 5) is 30.0. The van der Waals surface area contributed by atoms with Crippen molar-refractivity contribution < 1.29 is 9.53 Å². The van der Waals surface area contributed by atoms with Crippen LogP contribution in [0.2, 0.25) is 0 Å². The highest BCUT2D eigenvalue weighted by Gasteiger charge is 2.12. The zero-order chi connectivity index (χ0) is 20.4. The van der Waals surface area contributed by atoms with Gasteiger partial charge in [-0.15, -0.1) is 0 Å². The average molecular weight is 385 g/mol. The molecule has 1 N–H and O–H groups in total. The first-order chi connectivity index (χ1) is 14.1. The summed E-state index contributed by atoms with van der Waals surface area (Å²) in [6, 6.07) is 21.3. The number of rotatable bonds is 4. The molecule has 0 saturated carbocycles. The number of carbonyl (C=O) groups excluding carboxylic acids is 1. The summed E-state index contributed by atoms with van der Waals surface area (Å²) in [5, 5.41) is 3.39. The molecule has 0 bridgehead atoms. The van der Waals surface area contributed by atoms with Gasteiger partial charge in [-0.25, -0.2) is 4.98 Å². The minimum atomic E-state index is -0.262. The first-order valence-corrected chi connectivity index (χ1v) is 9.11. The zero-order valence-corrected chi connectivity index (χ0v) is 16.0. The summed E-state index contributed by atoms with van der Waals surface area (Å²) < 4.78 is 6.81. The molecule has 0 atom stereocenters. The van der Waals surface area contributed by atoms with Crippen LogP contribution in [0.25, 0.3) is 16.6 Å². The van der Waals surface area contributed by atoms with Crippen molar-refractivity contribution in [3.8, 4) is 11.4 Å². The summed E-state index contributed by atoms with van der Waals surface area (Å²) in [7, 11) is 1.55. The van der Waals surface area contributed by atoms with Crippen molar-refractivity contribution in [1.82, 2.24) is 9.55 Å². The fourth-order valence-corrected chi connectivity index (χ4v) is 3.25. The molecule has 3 aromatic carbocycles. The largest absolute Gasteiger partial charge is 0.495 e. The Kier molecular flexibility index (Phi) is 4.83. The second-order valence-corrected chi connectivity index (χ2v) is 6.52. The SMILES string of the molecule is COc1ccccc1NC(=O)c1ccc(-n2c(C)nc3ccccc3c2=O)cc1. The highest BCUT2D eigenvalue weighted by atomic mass is 16.5. The minimum Gasteiger partial charge on any atom is -0.495 e. The van der Waals surface area contributed by atoms with Gasteiger partial charge in [0.1, 0.15) is 11.6 Å². The predicted molar refractivity (Wildman–Crippen MR) is 113 cm³/mol. The molecule has 0 aliphatic carbocycles. The number of ether oxygens (including phenoxy) is 1. The molecular weight excluding hydrogens is 366 g/mol. The molecule has 6 nitrogen and oxygen atoms in total. The molecular formula is C23H19N3O3. The molecule has 0 aliphatic heterocycles. The summed E-state index contributed by atoms with van der Waals surface area (Å²) in [5.41, 5.74) is 2.24. The molecule has 0 saturated heterocycles. The Morgan fingerprint density at radius 3 is 2.41 bits per heavy atom. The Bertz CT molecular complexity index is 1260. The summed E-state index contributed by atoms with van der Waals surface area (Å²) in [6.07, 6.45) is 0. The minimum absolute atomic E-state index is 0.140. The van der Waals surface area contributed by atoms with Gasteiger partial charge in [-0.2, -0.15) is 0 Å². The number of hydrogen-bond donors (Lipinski definition) is 1. The summed E-state index contributed by atoms with van der Waals surface area (Å²) in [5.74, 6) is 0.906. The molecule has 4 rings (SSSR count). The number of amides is 1. The third kappa shape index (κ3) is 3.48. The van der Waals surface area contributed by atoms with Crippen LogP contribution in [0.15, 0.2) is 77.6 Å². The van der Waals surface area contributed by atoms with E-state index in [0.29, 0.717) is 39.4 Å². The molecule has 0 unspecified atom stereocenters. The smallest absolute Gasteiger partial charge is 0.265 e. The predicted octanol–water partition coefficient (Wildman–Crippen LogP) is 3.96. The topological polar surface area (TPSA) is 73.2 Å². The quantitative estimate of drug-likeness (QED) is 0.577. The van der Waals surface area contributed by atoms with Gasteiger partial charge in [-0.3, -0.25) is 14.2 Å². The first kappa shape index (κ1) is 18.4. The van der Waals surface area contributed by atoms with E-state index >= 15 is 0 Å². The fraction of sp³-hybridized carbons (Fsp3) is 0.0870. The van der Waals surface area contributed by atoms with E-state index in [1.54, 1.807) is 61.1 Å². The number of aromatic nitrogens is 2. The molecule has 1 heterocycles. The van der Waals surface area contributed by atoms with E-state index in [9.17, 15) is 9.59 Å². The van der Waals surface area contributed by atoms with Crippen molar-refractivity contribution in [2.24, 2.45) is 0 Å². The third-order valence-corrected chi connectivity index (χ3v) is 4.69. The van der Waals surface area contributed by atoms with Gasteiger partial charge < -0.3 is 10.1 Å². The number of methoxy groups -OCH3 is 1. The second-order valence-electron chi connectivity index (χ2n) is 6.52. The van der Waals surface area contributed by atoms with E-state index in [-0.39, 0.29) is 11.5 Å². The molecule has 0 aliphatic rings. The maximum Gasteiger partial charge on any atom is 0.265 e. The molecule has 144 valence electrons. The molecule has 0 fully saturated rings. The average Bonchev–Trinajstić information content (AvgIpc) is 2.74. The van der Waals surface area contributed by atoms with Crippen molar-refractivity contribution in [1.29, 1.82) is 0 Å². The standard InChI is InChI=1S/C23H19N3O3/c1-15-24-19-8-4-3-7-18(19)23(28)26(15)17-13-11-16(12-14-17)22(27)25-20-9-5-6-10-21(20)29-2/h3-14H,1-2H3,(H,25,27). The van der Waals surface area contributed by atoms with Gasteiger partial charge in [0.05, 0.1) is 29.4 Å². The molecule has 6 heteroatoms. The van der Waals surface area contributed by atoms with Gasteiger partial charge in [0, 0.05) is 5.56 Å². The van der Waals surface area contributed by atoms with Crippen LogP contribution in [0, 0.1) is 6.92 Å². The van der Waals surface area contributed by atoms with Crippen LogP contribution in [0.4, 0.5) is 5.69 Å². The Balaban J connectivity index is 1.66. The van der Waals surface area contributed by atoms with Crippen LogP contribution in [-0.4, -0.2) is 22.6 Å². The molecule has 4 aromatic rings. The van der Waals surface area contributed by atoms with Crippen molar-refractivity contribution in [2.45, 2.75) is 6.92 Å². The van der Waals surface area contributed by atoms with Crippen molar-refractivity contribution >= 4 is 22.5 Å². The summed E-state index contributed by atoms with van der Waals surface area (Å²) >= 11 is 0. The number of aryl methyl sites for hydroxylation is 1. The Labute approximate surface area is 167 Å². The number of nitrogens with zero attached hydrogens (tertiary/aromatic N) is 2. The number of para-hydroxylation sites is 3. The van der Waals surface area contributed by atoms with E-state index in [1.165, 1.54) is 0 Å². The van der Waals surface area contributed by atoms with E-state index in [0.717, 1.165) is 0 Å². The highest BCUT2D eigenvalue weighted by Crippen LogP contribution is 2.24. The number of anilines is 1. The normalized spacial score (nSPS) is 10.7. The second kappa shape index (κ2) is 7.59. The monoisotopic (exact) mass is 385 g/mol. The van der Waals surface area contributed by atoms with Crippen LogP contribution < -0.4 is 15.6 Å². The Morgan fingerprint density at radius 1 is 0.966 bits per heavy atom. The van der Waals surface area contributed by atoms with Gasteiger partial charge in [-0.05, 0) is 55.5 Å². The van der Waals surface area contributed by atoms with E-state index in [4.69, 9.17) is 4.74 Å². The summed E-state index contributed by atoms with van der Waals surface area (Å²) in [6.45, 7) is 1.79. The van der Waals surface area contributed by atoms with Gasteiger partial charge in [-0.1, -0.05) is 24.3 Å². The lowest BCUT2D eigenvalue weighted by atomic mass is 10.1. The van der Waals surface area contributed by atoms with Gasteiger partial charge in [0.15, 0.2) is 0 Å². The van der Waals surface area contributed by atoms with Crippen LogP contribution >= 0.6 is 0 Å². The molecule has 1 aromatic heterocycles. The lowest BCUT2D eigenvalue weighted by Crippen LogP contribution is -2.22. The lowest BCUT2D eigenvalue weighted by Gasteiger charge is -2.12. The molecule has 0 radical (unpaired) electrons. The van der Waals surface area contributed by atoms with Crippen molar-refractivity contribution in [3.05, 3.63) is 94.5 Å². The molecule has 29 heavy (non-hydrogen) atoms. The van der Waals surface area contributed by atoms with E-state index < -0.39 is 0 Å². The van der Waals surface area contributed by atoms with Crippen LogP contribution in [-0.2, 0) is 0 Å².